The van der Waals surface area contributed by atoms with Gasteiger partial charge in [-0.3, -0.25) is 4.90 Å². The lowest BCUT2D eigenvalue weighted by molar-refractivity contribution is 0.186. The molecule has 0 amide bonds. The standard InChI is InChI=1S/C14H26N2O/c1-10(2)11(3)16(6)9-14-7-13(8-15-5)12(4)17-14/h7,10-11,15H,8-9H2,1-6H3. The topological polar surface area (TPSA) is 28.4 Å². The van der Waals surface area contributed by atoms with E-state index in [9.17, 15) is 0 Å². The fraction of sp³-hybridized carbons (Fsp3) is 0.714. The van der Waals surface area contributed by atoms with Crippen molar-refractivity contribution in [2.75, 3.05) is 14.1 Å². The Morgan fingerprint density at radius 1 is 1.35 bits per heavy atom. The van der Waals surface area contributed by atoms with Crippen LogP contribution in [0.5, 0.6) is 0 Å². The van der Waals surface area contributed by atoms with E-state index in [1.165, 1.54) is 5.56 Å². The van der Waals surface area contributed by atoms with E-state index in [-0.39, 0.29) is 0 Å². The van der Waals surface area contributed by atoms with Gasteiger partial charge < -0.3 is 9.73 Å². The summed E-state index contributed by atoms with van der Waals surface area (Å²) in [6, 6.07) is 2.73. The van der Waals surface area contributed by atoms with Gasteiger partial charge in [-0.1, -0.05) is 13.8 Å². The van der Waals surface area contributed by atoms with Crippen LogP contribution < -0.4 is 5.32 Å². The third kappa shape index (κ3) is 3.86. The van der Waals surface area contributed by atoms with Crippen molar-refractivity contribution in [2.24, 2.45) is 5.92 Å². The minimum atomic E-state index is 0.563. The number of rotatable bonds is 6. The first-order valence-electron chi connectivity index (χ1n) is 6.38. The van der Waals surface area contributed by atoms with Crippen molar-refractivity contribution in [2.45, 2.75) is 46.8 Å². The Morgan fingerprint density at radius 3 is 2.53 bits per heavy atom. The Kier molecular flexibility index (Phi) is 5.22. The fourth-order valence-electron chi connectivity index (χ4n) is 1.93. The maximum Gasteiger partial charge on any atom is 0.118 e. The quantitative estimate of drug-likeness (QED) is 0.826. The second-order valence-electron chi connectivity index (χ2n) is 5.22. The molecule has 98 valence electrons. The summed E-state index contributed by atoms with van der Waals surface area (Å²) < 4.78 is 5.79. The van der Waals surface area contributed by atoms with Gasteiger partial charge in [0, 0.05) is 18.2 Å². The normalized spacial score (nSPS) is 13.6. The van der Waals surface area contributed by atoms with Crippen LogP contribution in [0.2, 0.25) is 0 Å². The zero-order chi connectivity index (χ0) is 13.0. The highest BCUT2D eigenvalue weighted by molar-refractivity contribution is 5.20. The molecule has 0 aliphatic carbocycles. The van der Waals surface area contributed by atoms with Crippen molar-refractivity contribution >= 4 is 0 Å². The van der Waals surface area contributed by atoms with Crippen molar-refractivity contribution in [3.8, 4) is 0 Å². The van der Waals surface area contributed by atoms with E-state index in [0.29, 0.717) is 12.0 Å². The van der Waals surface area contributed by atoms with Gasteiger partial charge in [0.1, 0.15) is 11.5 Å². The van der Waals surface area contributed by atoms with Crippen LogP contribution in [-0.4, -0.2) is 25.0 Å². The molecule has 3 nitrogen and oxygen atoms in total. The summed E-state index contributed by atoms with van der Waals surface area (Å²) in [5.74, 6) is 2.75. The number of furan rings is 1. The average molecular weight is 238 g/mol. The van der Waals surface area contributed by atoms with Crippen LogP contribution in [0.15, 0.2) is 10.5 Å². The molecule has 1 atom stereocenters. The highest BCUT2D eigenvalue weighted by Gasteiger charge is 2.15. The molecule has 17 heavy (non-hydrogen) atoms. The van der Waals surface area contributed by atoms with Gasteiger partial charge >= 0.3 is 0 Å². The van der Waals surface area contributed by atoms with Gasteiger partial charge in [-0.25, -0.2) is 0 Å². The number of hydrogen-bond donors (Lipinski definition) is 1. The number of nitrogens with one attached hydrogen (secondary N) is 1. The van der Waals surface area contributed by atoms with Crippen LogP contribution >= 0.6 is 0 Å². The lowest BCUT2D eigenvalue weighted by atomic mass is 10.1. The third-order valence-electron chi connectivity index (χ3n) is 3.50. The minimum absolute atomic E-state index is 0.563. The molecule has 0 fully saturated rings. The molecule has 0 aliphatic heterocycles. The molecule has 1 unspecified atom stereocenters. The Labute approximate surface area is 105 Å². The van der Waals surface area contributed by atoms with Crippen molar-refractivity contribution in [3.05, 3.63) is 23.2 Å². The zero-order valence-corrected chi connectivity index (χ0v) is 12.0. The summed E-state index contributed by atoms with van der Waals surface area (Å²) in [7, 11) is 4.11. The number of nitrogens with zero attached hydrogens (tertiary/aromatic N) is 1. The van der Waals surface area contributed by atoms with Crippen LogP contribution in [0.25, 0.3) is 0 Å². The SMILES string of the molecule is CNCc1cc(CN(C)C(C)C(C)C)oc1C. The van der Waals surface area contributed by atoms with Gasteiger partial charge in [0.2, 0.25) is 0 Å². The molecular weight excluding hydrogens is 212 g/mol. The van der Waals surface area contributed by atoms with Gasteiger partial charge in [-0.15, -0.1) is 0 Å². The van der Waals surface area contributed by atoms with Crippen LogP contribution in [0.1, 0.15) is 37.9 Å². The highest BCUT2D eigenvalue weighted by atomic mass is 16.3. The first-order valence-corrected chi connectivity index (χ1v) is 6.38. The molecule has 0 aromatic carbocycles. The second-order valence-corrected chi connectivity index (χ2v) is 5.22. The van der Waals surface area contributed by atoms with E-state index in [1.807, 2.05) is 14.0 Å². The first-order chi connectivity index (χ1) is 7.95. The van der Waals surface area contributed by atoms with Gasteiger partial charge in [0.25, 0.3) is 0 Å². The molecule has 0 radical (unpaired) electrons. The largest absolute Gasteiger partial charge is 0.465 e. The van der Waals surface area contributed by atoms with Crippen LogP contribution in [0, 0.1) is 12.8 Å². The van der Waals surface area contributed by atoms with Gasteiger partial charge in [-0.05, 0) is 39.9 Å². The molecule has 1 aromatic heterocycles. The predicted molar refractivity (Wildman–Crippen MR) is 72.0 cm³/mol. The first kappa shape index (κ1) is 14.3. The Balaban J connectivity index is 2.65. The van der Waals surface area contributed by atoms with Crippen LogP contribution in [-0.2, 0) is 13.1 Å². The van der Waals surface area contributed by atoms with E-state index in [4.69, 9.17) is 4.42 Å². The van der Waals surface area contributed by atoms with E-state index in [0.717, 1.165) is 24.6 Å². The monoisotopic (exact) mass is 238 g/mol. The molecular formula is C14H26N2O. The summed E-state index contributed by atoms with van der Waals surface area (Å²) >= 11 is 0. The predicted octanol–water partition coefficient (Wildman–Crippen LogP) is 2.78. The Morgan fingerprint density at radius 2 is 2.00 bits per heavy atom. The lowest BCUT2D eigenvalue weighted by Crippen LogP contribution is -2.32. The van der Waals surface area contributed by atoms with Crippen molar-refractivity contribution in [1.82, 2.24) is 10.2 Å². The number of hydrogen-bond acceptors (Lipinski definition) is 3. The van der Waals surface area contributed by atoms with Crippen molar-refractivity contribution < 1.29 is 4.42 Å². The summed E-state index contributed by atoms with van der Waals surface area (Å²) in [4.78, 5) is 2.34. The van der Waals surface area contributed by atoms with Crippen molar-refractivity contribution in [3.63, 3.8) is 0 Å². The third-order valence-corrected chi connectivity index (χ3v) is 3.50. The maximum absolute atomic E-state index is 5.79. The molecule has 1 heterocycles. The zero-order valence-electron chi connectivity index (χ0n) is 12.0. The Bertz CT molecular complexity index is 344. The summed E-state index contributed by atoms with van der Waals surface area (Å²) in [5.41, 5.74) is 1.26. The summed E-state index contributed by atoms with van der Waals surface area (Å²) in [6.45, 7) is 10.5. The summed E-state index contributed by atoms with van der Waals surface area (Å²) in [5, 5.41) is 3.16. The average Bonchev–Trinajstić information content (AvgIpc) is 2.58. The van der Waals surface area contributed by atoms with Gasteiger partial charge in [0.15, 0.2) is 0 Å². The van der Waals surface area contributed by atoms with Crippen molar-refractivity contribution in [1.29, 1.82) is 0 Å². The number of aryl methyl sites for hydroxylation is 1. The van der Waals surface area contributed by atoms with Gasteiger partial charge in [-0.2, -0.15) is 0 Å². The van der Waals surface area contributed by atoms with Gasteiger partial charge in [0.05, 0.1) is 6.54 Å². The molecule has 1 N–H and O–H groups in total. The highest BCUT2D eigenvalue weighted by Crippen LogP contribution is 2.18. The second kappa shape index (κ2) is 6.22. The van der Waals surface area contributed by atoms with E-state index in [2.05, 4.69) is 44.1 Å². The smallest absolute Gasteiger partial charge is 0.118 e. The molecule has 0 aliphatic rings. The molecule has 0 saturated heterocycles. The molecule has 3 heteroatoms. The molecule has 0 bridgehead atoms. The Hall–Kier alpha value is -0.800. The van der Waals surface area contributed by atoms with E-state index >= 15 is 0 Å². The van der Waals surface area contributed by atoms with Crippen LogP contribution in [0.4, 0.5) is 0 Å². The fourth-order valence-corrected chi connectivity index (χ4v) is 1.93. The maximum atomic E-state index is 5.79. The molecule has 0 spiro atoms. The summed E-state index contributed by atoms with van der Waals surface area (Å²) in [6.07, 6.45) is 0. The molecule has 1 rings (SSSR count). The van der Waals surface area contributed by atoms with Crippen LogP contribution in [0.3, 0.4) is 0 Å². The molecule has 0 saturated carbocycles. The lowest BCUT2D eigenvalue weighted by Gasteiger charge is -2.26. The van der Waals surface area contributed by atoms with E-state index < -0.39 is 0 Å². The minimum Gasteiger partial charge on any atom is -0.465 e. The van der Waals surface area contributed by atoms with E-state index in [1.54, 1.807) is 0 Å². The molecule has 1 aromatic rings.